The van der Waals surface area contributed by atoms with E-state index in [0.29, 0.717) is 17.7 Å². The lowest BCUT2D eigenvalue weighted by Gasteiger charge is -2.23. The van der Waals surface area contributed by atoms with Crippen molar-refractivity contribution in [3.63, 3.8) is 0 Å². The molecule has 30 heavy (non-hydrogen) atoms. The Morgan fingerprint density at radius 3 is 2.27 bits per heavy atom. The normalized spacial score (nSPS) is 11.2. The van der Waals surface area contributed by atoms with Crippen LogP contribution < -0.4 is 9.80 Å². The number of fused-ring (bicyclic) bond motifs is 1. The first-order valence-corrected chi connectivity index (χ1v) is 11.4. The van der Waals surface area contributed by atoms with Gasteiger partial charge >= 0.3 is 0 Å². The van der Waals surface area contributed by atoms with Crippen molar-refractivity contribution in [2.45, 2.75) is 34.1 Å². The Kier molecular flexibility index (Phi) is 7.34. The number of aromatic nitrogens is 1. The highest BCUT2D eigenvalue weighted by molar-refractivity contribution is 7.22. The summed E-state index contributed by atoms with van der Waals surface area (Å²) in [5.41, 5.74) is 3.37. The lowest BCUT2D eigenvalue weighted by atomic mass is 10.1. The third-order valence-corrected chi connectivity index (χ3v) is 6.59. The highest BCUT2D eigenvalue weighted by Gasteiger charge is 2.23. The smallest absolute Gasteiger partial charge is 0.260 e. The monoisotopic (exact) mass is 424 g/mol. The molecule has 0 bridgehead atoms. The van der Waals surface area contributed by atoms with Crippen LogP contribution >= 0.6 is 11.3 Å². The minimum absolute atomic E-state index is 0.00566. The molecule has 5 nitrogen and oxygen atoms in total. The molecular weight excluding hydrogens is 394 g/mol. The third kappa shape index (κ3) is 4.94. The number of hydrogen-bond acceptors (Lipinski definition) is 4. The number of amides is 1. The molecule has 0 fully saturated rings. The van der Waals surface area contributed by atoms with Gasteiger partial charge < -0.3 is 4.90 Å². The fourth-order valence-electron chi connectivity index (χ4n) is 3.45. The van der Waals surface area contributed by atoms with Gasteiger partial charge in [-0.05, 0) is 57.0 Å². The number of thiazole rings is 1. The summed E-state index contributed by atoms with van der Waals surface area (Å²) in [6.45, 7) is 11.5. The maximum atomic E-state index is 13.4. The number of likely N-dealkylation sites (N-methyl/N-ethyl adjacent to an activating group) is 1. The van der Waals surface area contributed by atoms with Crippen LogP contribution in [0.3, 0.4) is 0 Å². The molecule has 158 valence electrons. The van der Waals surface area contributed by atoms with Crippen molar-refractivity contribution in [2.75, 3.05) is 31.1 Å². The van der Waals surface area contributed by atoms with Gasteiger partial charge in [0.25, 0.3) is 5.91 Å². The first-order valence-electron chi connectivity index (χ1n) is 10.6. The Morgan fingerprint density at radius 1 is 1.00 bits per heavy atom. The molecule has 0 aliphatic carbocycles. The van der Waals surface area contributed by atoms with Gasteiger partial charge in [0.2, 0.25) is 0 Å². The van der Waals surface area contributed by atoms with Gasteiger partial charge in [-0.3, -0.25) is 14.5 Å². The van der Waals surface area contributed by atoms with E-state index in [1.54, 1.807) is 40.5 Å². The van der Waals surface area contributed by atoms with Gasteiger partial charge in [0.1, 0.15) is 0 Å². The van der Waals surface area contributed by atoms with Crippen LogP contribution in [-0.4, -0.2) is 42.9 Å². The molecular formula is C24H30N3O2S+. The van der Waals surface area contributed by atoms with Gasteiger partial charge in [-0.2, -0.15) is 0 Å². The van der Waals surface area contributed by atoms with E-state index in [4.69, 9.17) is 4.98 Å². The van der Waals surface area contributed by atoms with Crippen LogP contribution in [0.2, 0.25) is 0 Å². The fourth-order valence-corrected chi connectivity index (χ4v) is 4.51. The minimum Gasteiger partial charge on any atom is -0.334 e. The predicted molar refractivity (Wildman–Crippen MR) is 124 cm³/mol. The molecule has 1 amide bonds. The highest BCUT2D eigenvalue weighted by atomic mass is 32.1. The van der Waals surface area contributed by atoms with Crippen LogP contribution in [0.25, 0.3) is 10.2 Å². The van der Waals surface area contributed by atoms with Crippen LogP contribution in [0.5, 0.6) is 0 Å². The second kappa shape index (κ2) is 9.96. The molecule has 0 saturated carbocycles. The molecule has 1 N–H and O–H groups in total. The zero-order chi connectivity index (χ0) is 21.7. The number of carbonyl (C=O) groups excluding carboxylic acids is 2. The Morgan fingerprint density at radius 2 is 1.67 bits per heavy atom. The summed E-state index contributed by atoms with van der Waals surface area (Å²) >= 11 is 1.56. The number of hydrogen-bond donors (Lipinski definition) is 1. The average molecular weight is 425 g/mol. The van der Waals surface area contributed by atoms with E-state index in [-0.39, 0.29) is 11.7 Å². The molecule has 0 saturated heterocycles. The van der Waals surface area contributed by atoms with Crippen molar-refractivity contribution in [1.82, 2.24) is 4.98 Å². The topological polar surface area (TPSA) is 54.7 Å². The summed E-state index contributed by atoms with van der Waals surface area (Å²) in [4.78, 5) is 33.0. The summed E-state index contributed by atoms with van der Waals surface area (Å²) < 4.78 is 1.10. The van der Waals surface area contributed by atoms with Gasteiger partial charge in [0.05, 0.1) is 36.4 Å². The maximum Gasteiger partial charge on any atom is 0.260 e. The SMILES string of the molecule is CCc1ccc2nc(N(CC[NH+](CC)CC)C(=O)c3ccc(C(C)=O)cc3)sc2c1. The number of nitrogens with one attached hydrogen (secondary N) is 1. The van der Waals surface area contributed by atoms with Gasteiger partial charge in [-0.25, -0.2) is 4.98 Å². The van der Waals surface area contributed by atoms with E-state index < -0.39 is 0 Å². The first-order chi connectivity index (χ1) is 14.5. The number of nitrogens with zero attached hydrogens (tertiary/aromatic N) is 2. The number of carbonyl (C=O) groups is 2. The quantitative estimate of drug-likeness (QED) is 0.534. The summed E-state index contributed by atoms with van der Waals surface area (Å²) in [6, 6.07) is 13.2. The molecule has 0 aliphatic rings. The van der Waals surface area contributed by atoms with Crippen LogP contribution in [0.4, 0.5) is 5.13 Å². The summed E-state index contributed by atoms with van der Waals surface area (Å²) in [7, 11) is 0. The van der Waals surface area contributed by atoms with E-state index >= 15 is 0 Å². The molecule has 3 aromatic rings. The van der Waals surface area contributed by atoms with Gasteiger partial charge in [-0.1, -0.05) is 36.5 Å². The summed E-state index contributed by atoms with van der Waals surface area (Å²) in [5, 5.41) is 0.727. The second-order valence-electron chi connectivity index (χ2n) is 7.45. The molecule has 1 heterocycles. The average Bonchev–Trinajstić information content (AvgIpc) is 3.19. The maximum absolute atomic E-state index is 13.4. The van der Waals surface area contributed by atoms with E-state index in [2.05, 4.69) is 32.9 Å². The second-order valence-corrected chi connectivity index (χ2v) is 8.46. The Bertz CT molecular complexity index is 1020. The van der Waals surface area contributed by atoms with Gasteiger partial charge in [-0.15, -0.1) is 0 Å². The Hall–Kier alpha value is -2.57. The summed E-state index contributed by atoms with van der Waals surface area (Å²) in [5.74, 6) is -0.0830. The Balaban J connectivity index is 1.95. The van der Waals surface area contributed by atoms with Crippen LogP contribution in [0.15, 0.2) is 42.5 Å². The van der Waals surface area contributed by atoms with Crippen molar-refractivity contribution < 1.29 is 14.5 Å². The van der Waals surface area contributed by atoms with E-state index in [9.17, 15) is 9.59 Å². The van der Waals surface area contributed by atoms with E-state index in [0.717, 1.165) is 41.4 Å². The number of benzene rings is 2. The predicted octanol–water partition coefficient (Wildman–Crippen LogP) is 3.63. The Labute approximate surface area is 182 Å². The van der Waals surface area contributed by atoms with Crippen molar-refractivity contribution >= 4 is 38.4 Å². The lowest BCUT2D eigenvalue weighted by Crippen LogP contribution is -3.12. The largest absolute Gasteiger partial charge is 0.334 e. The van der Waals surface area contributed by atoms with Crippen molar-refractivity contribution in [1.29, 1.82) is 0 Å². The summed E-state index contributed by atoms with van der Waals surface area (Å²) in [6.07, 6.45) is 0.972. The number of rotatable bonds is 9. The molecule has 2 aromatic carbocycles. The number of aryl methyl sites for hydroxylation is 1. The van der Waals surface area contributed by atoms with Crippen molar-refractivity contribution in [3.8, 4) is 0 Å². The van der Waals surface area contributed by atoms with Gasteiger partial charge in [0, 0.05) is 11.1 Å². The molecule has 3 rings (SSSR count). The molecule has 6 heteroatoms. The zero-order valence-corrected chi connectivity index (χ0v) is 19.0. The van der Waals surface area contributed by atoms with E-state index in [1.165, 1.54) is 17.4 Å². The molecule has 0 spiro atoms. The molecule has 0 atom stereocenters. The van der Waals surface area contributed by atoms with Crippen LogP contribution in [0, 0.1) is 0 Å². The fraction of sp³-hybridized carbons (Fsp3) is 0.375. The zero-order valence-electron chi connectivity index (χ0n) is 18.2. The number of Topliss-reactive ketones (excluding diaryl/α,β-unsaturated/α-hetero) is 1. The molecule has 1 aromatic heterocycles. The molecule has 0 unspecified atom stereocenters. The third-order valence-electron chi connectivity index (χ3n) is 5.55. The standard InChI is InChI=1S/C24H29N3O2S/c1-5-18-8-13-21-22(16-18)30-24(25-21)27(15-14-26(6-2)7-3)23(29)20-11-9-19(10-12-20)17(4)28/h8-13,16H,5-7,14-15H2,1-4H3/p+1. The van der Waals surface area contributed by atoms with Crippen LogP contribution in [0.1, 0.15) is 54.0 Å². The van der Waals surface area contributed by atoms with Crippen LogP contribution in [-0.2, 0) is 6.42 Å². The number of anilines is 1. The first kappa shape index (κ1) is 22.1. The van der Waals surface area contributed by atoms with Crippen molar-refractivity contribution in [2.24, 2.45) is 0 Å². The lowest BCUT2D eigenvalue weighted by molar-refractivity contribution is -0.894. The number of ketones is 1. The van der Waals surface area contributed by atoms with Gasteiger partial charge in [0.15, 0.2) is 10.9 Å². The minimum atomic E-state index is -0.0774. The molecule has 0 aliphatic heterocycles. The highest BCUT2D eigenvalue weighted by Crippen LogP contribution is 2.30. The van der Waals surface area contributed by atoms with Crippen molar-refractivity contribution in [3.05, 3.63) is 59.2 Å². The molecule has 0 radical (unpaired) electrons. The number of quaternary nitrogens is 1. The van der Waals surface area contributed by atoms with E-state index in [1.807, 2.05) is 6.07 Å².